The summed E-state index contributed by atoms with van der Waals surface area (Å²) < 4.78 is 11.1. The summed E-state index contributed by atoms with van der Waals surface area (Å²) in [6.45, 7) is 5.17. The second kappa shape index (κ2) is 11.3. The molecule has 8 nitrogen and oxygen atoms in total. The minimum atomic E-state index is -1.33. The molecular weight excluding hydrogens is 541 g/mol. The van der Waals surface area contributed by atoms with Gasteiger partial charge in [-0.1, -0.05) is 29.3 Å². The van der Waals surface area contributed by atoms with Crippen LogP contribution in [-0.2, 0) is 19.1 Å². The van der Waals surface area contributed by atoms with E-state index in [1.54, 1.807) is 19.2 Å². The third-order valence-corrected chi connectivity index (χ3v) is 10.3. The molecule has 4 fully saturated rings. The molecule has 1 saturated carbocycles. The number of imide groups is 1. The number of amides is 3. The van der Waals surface area contributed by atoms with Gasteiger partial charge in [0, 0.05) is 39.3 Å². The van der Waals surface area contributed by atoms with Gasteiger partial charge in [0.2, 0.25) is 0 Å². The Bertz CT molecular complexity index is 1110. The summed E-state index contributed by atoms with van der Waals surface area (Å²) >= 11 is 12.7. The Balaban J connectivity index is 1.54. The highest BCUT2D eigenvalue weighted by Gasteiger charge is 2.67. The summed E-state index contributed by atoms with van der Waals surface area (Å²) in [6, 6.07) is 5.35. The maximum Gasteiger partial charge on any atom is 0.410 e. The average Bonchev–Trinajstić information content (AvgIpc) is 3.56. The Kier molecular flexibility index (Phi) is 8.33. The predicted molar refractivity (Wildman–Crippen MR) is 149 cm³/mol. The third kappa shape index (κ3) is 5.23. The van der Waals surface area contributed by atoms with E-state index in [1.165, 1.54) is 4.90 Å². The van der Waals surface area contributed by atoms with Crippen LogP contribution in [0, 0.1) is 11.3 Å². The van der Waals surface area contributed by atoms with E-state index >= 15 is 4.79 Å². The van der Waals surface area contributed by atoms with Gasteiger partial charge in [-0.25, -0.2) is 14.4 Å². The van der Waals surface area contributed by atoms with Gasteiger partial charge in [0.05, 0.1) is 35.2 Å². The minimum Gasteiger partial charge on any atom is -0.449 e. The van der Waals surface area contributed by atoms with Gasteiger partial charge in [-0.15, -0.1) is 0 Å². The number of hydrogen-bond donors (Lipinski definition) is 1. The number of likely N-dealkylation sites (N-methyl/N-ethyl adjacent to an activating group) is 1. The quantitative estimate of drug-likeness (QED) is 0.385. The van der Waals surface area contributed by atoms with E-state index in [1.807, 2.05) is 13.0 Å². The number of hydrogen-bond acceptors (Lipinski definition) is 6. The smallest absolute Gasteiger partial charge is 0.410 e. The fourth-order valence-corrected chi connectivity index (χ4v) is 7.05. The number of rotatable bonds is 6. The van der Waals surface area contributed by atoms with Gasteiger partial charge in [-0.3, -0.25) is 4.90 Å². The molecule has 3 aliphatic heterocycles. The van der Waals surface area contributed by atoms with E-state index < -0.39 is 23.0 Å². The van der Waals surface area contributed by atoms with Gasteiger partial charge in [-0.2, -0.15) is 4.48 Å². The molecule has 3 heterocycles. The molecule has 0 aromatic heterocycles. The van der Waals surface area contributed by atoms with Crippen molar-refractivity contribution in [1.82, 2.24) is 10.2 Å². The van der Waals surface area contributed by atoms with Gasteiger partial charge in [0.15, 0.2) is 5.54 Å². The lowest BCUT2D eigenvalue weighted by Crippen LogP contribution is -2.73. The highest BCUT2D eigenvalue weighted by atomic mass is 35.5. The zero-order chi connectivity index (χ0) is 27.8. The molecule has 0 unspecified atom stereocenters. The number of halogens is 2. The molecule has 5 rings (SSSR count). The molecule has 0 radical (unpaired) electrons. The second-order valence-electron chi connectivity index (χ2n) is 12.1. The van der Waals surface area contributed by atoms with Gasteiger partial charge in [0.1, 0.15) is 0 Å². The van der Waals surface area contributed by atoms with E-state index in [0.717, 1.165) is 50.5 Å². The van der Waals surface area contributed by atoms with Crippen LogP contribution in [0.25, 0.3) is 0 Å². The van der Waals surface area contributed by atoms with E-state index in [9.17, 15) is 9.59 Å². The number of nitrogens with zero attached hydrogens (tertiary/aromatic N) is 2. The number of benzene rings is 1. The van der Waals surface area contributed by atoms with Crippen LogP contribution in [0.3, 0.4) is 0 Å². The highest BCUT2D eigenvalue weighted by molar-refractivity contribution is 6.42. The molecule has 214 valence electrons. The highest BCUT2D eigenvalue weighted by Crippen LogP contribution is 2.51. The van der Waals surface area contributed by atoms with Crippen molar-refractivity contribution in [3.05, 3.63) is 33.8 Å². The van der Waals surface area contributed by atoms with E-state index in [2.05, 4.69) is 5.32 Å². The lowest BCUT2D eigenvalue weighted by Gasteiger charge is -2.47. The zero-order valence-corrected chi connectivity index (χ0v) is 24.5. The first kappa shape index (κ1) is 28.8. The maximum absolute atomic E-state index is 15.1. The van der Waals surface area contributed by atoms with Crippen LogP contribution in [0.15, 0.2) is 18.2 Å². The molecule has 1 aromatic carbocycles. The van der Waals surface area contributed by atoms with E-state index in [4.69, 9.17) is 32.7 Å². The van der Waals surface area contributed by atoms with Crippen LogP contribution in [-0.4, -0.2) is 85.9 Å². The second-order valence-corrected chi connectivity index (χ2v) is 12.9. The molecule has 2 atom stereocenters. The van der Waals surface area contributed by atoms with Gasteiger partial charge in [-0.05, 0) is 75.5 Å². The molecule has 10 heteroatoms. The molecule has 39 heavy (non-hydrogen) atoms. The SMILES string of the molecule is CN(C(=O)OCC1CCOCC1)[C@@]1(C(=O)[N+]2(C(=O)C3(C)CC3)CCCCC2)CNC[C@@H]1c1ccc(Cl)c(Cl)c1. The molecule has 0 bridgehead atoms. The molecule has 3 saturated heterocycles. The topological polar surface area (TPSA) is 84.9 Å². The summed E-state index contributed by atoms with van der Waals surface area (Å²) in [5.74, 6) is -0.424. The first-order valence-electron chi connectivity index (χ1n) is 14.3. The van der Waals surface area contributed by atoms with Crippen LogP contribution >= 0.6 is 23.2 Å². The fraction of sp³-hybridized carbons (Fsp3) is 0.690. The van der Waals surface area contributed by atoms with Gasteiger partial charge >= 0.3 is 17.9 Å². The van der Waals surface area contributed by atoms with Crippen LogP contribution in [0.2, 0.25) is 10.0 Å². The summed E-state index contributed by atoms with van der Waals surface area (Å²) in [5, 5.41) is 4.19. The maximum atomic E-state index is 15.1. The van der Waals surface area contributed by atoms with Crippen molar-refractivity contribution in [3.8, 4) is 0 Å². The number of ether oxygens (including phenoxy) is 2. The summed E-state index contributed by atoms with van der Waals surface area (Å²) in [6.07, 6.45) is 5.29. The summed E-state index contributed by atoms with van der Waals surface area (Å²) in [4.78, 5) is 44.5. The van der Waals surface area contributed by atoms with Crippen molar-refractivity contribution >= 4 is 41.1 Å². The first-order valence-corrected chi connectivity index (χ1v) is 15.0. The van der Waals surface area contributed by atoms with Crippen LogP contribution < -0.4 is 5.32 Å². The Labute approximate surface area is 240 Å². The Morgan fingerprint density at radius 1 is 1.08 bits per heavy atom. The van der Waals surface area contributed by atoms with Crippen molar-refractivity contribution in [1.29, 1.82) is 0 Å². The Hall–Kier alpha value is -1.71. The van der Waals surface area contributed by atoms with Crippen molar-refractivity contribution in [2.24, 2.45) is 11.3 Å². The number of quaternary nitrogens is 1. The van der Waals surface area contributed by atoms with E-state index in [0.29, 0.717) is 42.9 Å². The monoisotopic (exact) mass is 580 g/mol. The van der Waals surface area contributed by atoms with Crippen LogP contribution in [0.1, 0.15) is 63.4 Å². The van der Waals surface area contributed by atoms with Gasteiger partial charge in [0.25, 0.3) is 0 Å². The molecule has 1 aliphatic carbocycles. The molecule has 1 aromatic rings. The molecule has 4 aliphatic rings. The number of nitrogens with one attached hydrogen (secondary N) is 1. The number of piperidine rings is 1. The number of carbonyl (C=O) groups excluding carboxylic acids is 3. The normalized spacial score (nSPS) is 28.1. The van der Waals surface area contributed by atoms with Crippen LogP contribution in [0.5, 0.6) is 0 Å². The van der Waals surface area contributed by atoms with Crippen molar-refractivity contribution in [2.75, 3.05) is 53.0 Å². The number of carbonyl (C=O) groups is 3. The average molecular weight is 582 g/mol. The minimum absolute atomic E-state index is 0.00432. The lowest BCUT2D eigenvalue weighted by molar-refractivity contribution is -0.790. The molecular formula is C29H40Cl2N3O5+. The number of likely N-dealkylation sites (tertiary alicyclic amines) is 1. The molecule has 1 N–H and O–H groups in total. The molecule has 0 spiro atoms. The first-order chi connectivity index (χ1) is 18.6. The molecule has 3 amide bonds. The van der Waals surface area contributed by atoms with Gasteiger partial charge < -0.3 is 14.8 Å². The third-order valence-electron chi connectivity index (χ3n) is 9.57. The van der Waals surface area contributed by atoms with Crippen molar-refractivity contribution in [2.45, 2.75) is 63.3 Å². The fourth-order valence-electron chi connectivity index (χ4n) is 6.74. The van der Waals surface area contributed by atoms with Crippen LogP contribution in [0.4, 0.5) is 4.79 Å². The zero-order valence-electron chi connectivity index (χ0n) is 23.0. The largest absolute Gasteiger partial charge is 0.449 e. The standard InChI is InChI=1S/C29H40Cl2N3O5/c1-28(10-11-28)25(35)34(12-4-3-5-13-34)26(36)29(33(2)27(37)39-18-20-8-14-38-15-9-20)19-32-17-22(29)21-6-7-23(30)24(31)16-21/h6-7,16,20,22,32H,3-5,8-15,17-19H2,1-2H3/q+1/t22-,29+/m1/s1. The Morgan fingerprint density at radius 3 is 2.41 bits per heavy atom. The predicted octanol–water partition coefficient (Wildman–Crippen LogP) is 4.77. The van der Waals surface area contributed by atoms with E-state index in [-0.39, 0.29) is 35.4 Å². The summed E-state index contributed by atoms with van der Waals surface area (Å²) in [7, 11) is 1.64. The van der Waals surface area contributed by atoms with Crippen molar-refractivity contribution in [3.63, 3.8) is 0 Å². The lowest BCUT2D eigenvalue weighted by atomic mass is 9.78. The summed E-state index contributed by atoms with van der Waals surface area (Å²) in [5.41, 5.74) is -1.02. The van der Waals surface area contributed by atoms with Crippen molar-refractivity contribution < 1.29 is 28.3 Å². The Morgan fingerprint density at radius 2 is 1.77 bits per heavy atom.